The highest BCUT2D eigenvalue weighted by Crippen LogP contribution is 2.25. The van der Waals surface area contributed by atoms with Crippen molar-refractivity contribution in [2.24, 2.45) is 47.3 Å². The number of nitrogens with zero attached hydrogens (tertiary/aromatic N) is 3. The maximum atomic E-state index is 13.0. The lowest BCUT2D eigenvalue weighted by molar-refractivity contribution is -0.145. The average molecular weight is 1030 g/mol. The molecule has 0 N–H and O–H groups in total. The Labute approximate surface area is 458 Å². The molecule has 0 aliphatic rings. The lowest BCUT2D eigenvalue weighted by Gasteiger charge is -2.25. The number of rotatable bonds is 48. The number of carbonyl (C=O) groups excluding carboxylic acids is 2. The fourth-order valence-electron chi connectivity index (χ4n) is 10.7. The first-order chi connectivity index (χ1) is 35.6. The Bertz CT molecular complexity index is 1490. The number of carbonyl (C=O) groups is 2. The fraction of sp³-hybridized carbons (Fsp3) is 0.791. The summed E-state index contributed by atoms with van der Waals surface area (Å²) < 4.78 is 11.6. The van der Waals surface area contributed by atoms with Gasteiger partial charge in [-0.1, -0.05) is 245 Å². The van der Waals surface area contributed by atoms with Crippen LogP contribution in [0.2, 0.25) is 0 Å². The molecule has 7 nitrogen and oxygen atoms in total. The van der Waals surface area contributed by atoms with E-state index in [-0.39, 0.29) is 11.9 Å². The molecule has 0 aliphatic heterocycles. The molecule has 2 aromatic carbocycles. The molecule has 426 valence electrons. The Kier molecular flexibility index (Phi) is 39.4. The van der Waals surface area contributed by atoms with Crippen LogP contribution in [0.1, 0.15) is 234 Å². The number of esters is 2. The second-order valence-corrected chi connectivity index (χ2v) is 25.1. The van der Waals surface area contributed by atoms with E-state index < -0.39 is 0 Å². The summed E-state index contributed by atoms with van der Waals surface area (Å²) in [6.45, 7) is 31.7. The van der Waals surface area contributed by atoms with Gasteiger partial charge in [-0.2, -0.15) is 0 Å². The molecular formula is C67H119N3O4. The van der Waals surface area contributed by atoms with Gasteiger partial charge in [0.2, 0.25) is 0 Å². The molecule has 0 aromatic heterocycles. The van der Waals surface area contributed by atoms with E-state index >= 15 is 0 Å². The molecule has 0 heterocycles. The molecular weight excluding hydrogens is 911 g/mol. The maximum Gasteiger partial charge on any atom is 0.307 e. The highest BCUT2D eigenvalue weighted by molar-refractivity contribution is 5.69. The Morgan fingerprint density at radius 3 is 0.946 bits per heavy atom. The maximum absolute atomic E-state index is 13.0. The van der Waals surface area contributed by atoms with Gasteiger partial charge >= 0.3 is 11.9 Å². The first-order valence-corrected chi connectivity index (χ1v) is 31.1. The van der Waals surface area contributed by atoms with E-state index in [1.165, 1.54) is 127 Å². The zero-order valence-electron chi connectivity index (χ0n) is 50.4. The summed E-state index contributed by atoms with van der Waals surface area (Å²) in [7, 11) is 2.22. The number of hydrogen-bond donors (Lipinski definition) is 0. The van der Waals surface area contributed by atoms with Crippen molar-refractivity contribution in [1.82, 2.24) is 14.7 Å². The Balaban J connectivity index is 1.67. The van der Waals surface area contributed by atoms with E-state index in [2.05, 4.69) is 152 Å². The molecule has 0 spiro atoms. The number of hydrogen-bond acceptors (Lipinski definition) is 7. The van der Waals surface area contributed by atoms with E-state index in [1.807, 2.05) is 0 Å². The number of ether oxygens (including phenoxy) is 2. The van der Waals surface area contributed by atoms with E-state index in [1.54, 1.807) is 0 Å². The molecule has 7 heteroatoms. The summed E-state index contributed by atoms with van der Waals surface area (Å²) in [5.41, 5.74) is 2.55. The molecule has 74 heavy (non-hydrogen) atoms. The summed E-state index contributed by atoms with van der Waals surface area (Å²) in [5.74, 6) is 5.98. The second kappa shape index (κ2) is 43.3. The molecule has 0 bridgehead atoms. The van der Waals surface area contributed by atoms with Gasteiger partial charge in [0.05, 0.1) is 26.1 Å². The lowest BCUT2D eigenvalue weighted by atomic mass is 9.91. The smallest absolute Gasteiger partial charge is 0.307 e. The molecule has 2 rings (SSSR count). The molecule has 0 saturated carbocycles. The Morgan fingerprint density at radius 1 is 0.365 bits per heavy atom. The highest BCUT2D eigenvalue weighted by Gasteiger charge is 2.16. The van der Waals surface area contributed by atoms with Crippen LogP contribution < -0.4 is 0 Å². The third kappa shape index (κ3) is 38.7. The third-order valence-electron chi connectivity index (χ3n) is 16.1. The topological polar surface area (TPSA) is 62.3 Å². The molecule has 0 fully saturated rings. The summed E-state index contributed by atoms with van der Waals surface area (Å²) in [6.07, 6.45) is 28.9. The van der Waals surface area contributed by atoms with Crippen LogP contribution in [0.15, 0.2) is 60.7 Å². The van der Waals surface area contributed by atoms with Crippen molar-refractivity contribution < 1.29 is 19.1 Å². The summed E-state index contributed by atoms with van der Waals surface area (Å²) >= 11 is 0. The van der Waals surface area contributed by atoms with Crippen LogP contribution in [-0.2, 0) is 32.2 Å². The summed E-state index contributed by atoms with van der Waals surface area (Å²) in [4.78, 5) is 33.2. The van der Waals surface area contributed by atoms with Crippen molar-refractivity contribution in [3.63, 3.8) is 0 Å². The van der Waals surface area contributed by atoms with Gasteiger partial charge in [-0.3, -0.25) is 19.4 Å². The largest absolute Gasteiger partial charge is 0.466 e. The third-order valence-corrected chi connectivity index (χ3v) is 16.1. The lowest BCUT2D eigenvalue weighted by Crippen LogP contribution is -2.32. The minimum Gasteiger partial charge on any atom is -0.466 e. The highest BCUT2D eigenvalue weighted by atomic mass is 16.5. The van der Waals surface area contributed by atoms with Gasteiger partial charge in [0, 0.05) is 26.2 Å². The molecule has 6 atom stereocenters. The van der Waals surface area contributed by atoms with E-state index in [9.17, 15) is 9.59 Å². The minimum atomic E-state index is -0.0771. The van der Waals surface area contributed by atoms with Crippen LogP contribution in [0.4, 0.5) is 0 Å². The number of benzene rings is 2. The predicted molar refractivity (Wildman–Crippen MR) is 318 cm³/mol. The molecule has 0 aliphatic carbocycles. The van der Waals surface area contributed by atoms with E-state index in [4.69, 9.17) is 9.47 Å². The Morgan fingerprint density at radius 2 is 0.649 bits per heavy atom. The van der Waals surface area contributed by atoms with Crippen molar-refractivity contribution in [3.8, 4) is 0 Å². The van der Waals surface area contributed by atoms with Crippen LogP contribution in [-0.4, -0.2) is 86.2 Å². The molecule has 0 saturated heterocycles. The molecule has 0 radical (unpaired) electrons. The van der Waals surface area contributed by atoms with Crippen molar-refractivity contribution in [3.05, 3.63) is 71.8 Å². The summed E-state index contributed by atoms with van der Waals surface area (Å²) in [6, 6.07) is 21.2. The van der Waals surface area contributed by atoms with Gasteiger partial charge in [0.15, 0.2) is 0 Å². The quantitative estimate of drug-likeness (QED) is 0.0612. The minimum absolute atomic E-state index is 0.0771. The predicted octanol–water partition coefficient (Wildman–Crippen LogP) is 17.5. The van der Waals surface area contributed by atoms with Crippen molar-refractivity contribution in [1.29, 1.82) is 0 Å². The SMILES string of the molecule is CC(C)CCCC(C)CCCC(C)CCCC(C)CCOC(=O)CCN(CCCN(C)CCCN(CCC(=O)OCCC(C)CCCC(C)CCCC(C)CCCC(C)C)Cc1ccccc1)Cc1ccccc1. The van der Waals surface area contributed by atoms with Crippen LogP contribution in [0.25, 0.3) is 0 Å². The van der Waals surface area contributed by atoms with Crippen molar-refractivity contribution in [2.75, 3.05) is 59.5 Å². The first kappa shape index (κ1) is 67.4. The van der Waals surface area contributed by atoms with Gasteiger partial charge in [-0.25, -0.2) is 0 Å². The van der Waals surface area contributed by atoms with Gasteiger partial charge in [-0.05, 0) is 117 Å². The molecule has 0 amide bonds. The van der Waals surface area contributed by atoms with E-state index in [0.29, 0.717) is 51.0 Å². The van der Waals surface area contributed by atoms with Gasteiger partial charge in [0.25, 0.3) is 0 Å². The van der Waals surface area contributed by atoms with Crippen LogP contribution in [0.5, 0.6) is 0 Å². The van der Waals surface area contributed by atoms with E-state index in [0.717, 1.165) is 100 Å². The zero-order valence-corrected chi connectivity index (χ0v) is 50.4. The second-order valence-electron chi connectivity index (χ2n) is 25.1. The molecule has 6 unspecified atom stereocenters. The molecule has 2 aromatic rings. The fourth-order valence-corrected chi connectivity index (χ4v) is 10.7. The standard InChI is InChI=1S/C67H119N3O4/c1-56(2)26-18-28-58(5)30-20-32-60(7)34-22-36-62(9)44-52-73-66(71)42-50-69(54-64-38-14-12-15-39-64)48-24-46-68(11)47-25-49-70(55-65-40-16-13-17-41-65)51-43-67(72)74-53-45-63(10)37-23-35-61(8)33-21-31-59(6)29-19-27-57(3)4/h12-17,38-41,56-63H,18-37,42-55H2,1-11H3. The van der Waals surface area contributed by atoms with Crippen LogP contribution in [0, 0.1) is 47.3 Å². The Hall–Kier alpha value is -2.74. The normalized spacial score (nSPS) is 14.5. The zero-order chi connectivity index (χ0) is 54.2. The van der Waals surface area contributed by atoms with Gasteiger partial charge in [-0.15, -0.1) is 0 Å². The van der Waals surface area contributed by atoms with Gasteiger partial charge in [0.1, 0.15) is 0 Å². The van der Waals surface area contributed by atoms with Gasteiger partial charge < -0.3 is 14.4 Å². The first-order valence-electron chi connectivity index (χ1n) is 31.1. The summed E-state index contributed by atoms with van der Waals surface area (Å²) in [5, 5.41) is 0. The average Bonchev–Trinajstić information content (AvgIpc) is 3.35. The van der Waals surface area contributed by atoms with Crippen LogP contribution >= 0.6 is 0 Å². The monoisotopic (exact) mass is 1030 g/mol. The van der Waals surface area contributed by atoms with Crippen molar-refractivity contribution >= 4 is 11.9 Å². The van der Waals surface area contributed by atoms with Crippen molar-refractivity contribution in [2.45, 2.75) is 236 Å². The van der Waals surface area contributed by atoms with Crippen LogP contribution in [0.3, 0.4) is 0 Å².